The minimum Gasteiger partial charge on any atom is -0.481 e. The molecule has 5 heteroatoms. The van der Waals surface area contributed by atoms with E-state index in [9.17, 15) is 4.79 Å². The molecule has 0 saturated heterocycles. The van der Waals surface area contributed by atoms with Gasteiger partial charge in [-0.1, -0.05) is 0 Å². The molecule has 1 N–H and O–H groups in total. The normalized spacial score (nSPS) is 12.2. The van der Waals surface area contributed by atoms with Crippen molar-refractivity contribution in [1.29, 1.82) is 0 Å². The third-order valence-corrected chi connectivity index (χ3v) is 2.43. The van der Waals surface area contributed by atoms with E-state index in [2.05, 4.69) is 9.97 Å². The Morgan fingerprint density at radius 2 is 2.25 bits per heavy atom. The quantitative estimate of drug-likeness (QED) is 0.818. The number of rotatable bonds is 5. The van der Waals surface area contributed by atoms with Gasteiger partial charge in [-0.2, -0.15) is 0 Å². The first kappa shape index (κ1) is 12.4. The van der Waals surface area contributed by atoms with Crippen LogP contribution in [0.15, 0.2) is 12.4 Å². The van der Waals surface area contributed by atoms with Gasteiger partial charge in [-0.15, -0.1) is 0 Å². The van der Waals surface area contributed by atoms with E-state index in [1.165, 1.54) is 6.33 Å². The lowest BCUT2D eigenvalue weighted by Crippen LogP contribution is -2.35. The Hall–Kier alpha value is -1.65. The highest BCUT2D eigenvalue weighted by Crippen LogP contribution is 2.15. The van der Waals surface area contributed by atoms with Crippen LogP contribution in [0.2, 0.25) is 0 Å². The lowest BCUT2D eigenvalue weighted by Gasteiger charge is -2.28. The van der Waals surface area contributed by atoms with E-state index in [1.54, 1.807) is 0 Å². The minimum atomic E-state index is -0.795. The number of anilines is 1. The Kier molecular flexibility index (Phi) is 4.22. The van der Waals surface area contributed by atoms with Gasteiger partial charge in [-0.25, -0.2) is 9.97 Å². The zero-order valence-corrected chi connectivity index (χ0v) is 9.84. The molecule has 0 fully saturated rings. The van der Waals surface area contributed by atoms with Crippen LogP contribution in [0, 0.1) is 6.92 Å². The Morgan fingerprint density at radius 3 is 2.75 bits per heavy atom. The zero-order chi connectivity index (χ0) is 12.1. The summed E-state index contributed by atoms with van der Waals surface area (Å²) in [4.78, 5) is 20.8. The van der Waals surface area contributed by atoms with Crippen LogP contribution in [-0.2, 0) is 4.79 Å². The molecule has 0 aliphatic carbocycles. The van der Waals surface area contributed by atoms with Crippen LogP contribution in [0.1, 0.15) is 26.0 Å². The molecular weight excluding hydrogens is 206 g/mol. The minimum absolute atomic E-state index is 0.0724. The molecule has 0 amide bonds. The van der Waals surface area contributed by atoms with Crippen LogP contribution in [-0.4, -0.2) is 33.6 Å². The third kappa shape index (κ3) is 3.18. The summed E-state index contributed by atoms with van der Waals surface area (Å²) in [6.07, 6.45) is 1.61. The molecule has 0 bridgehead atoms. The molecule has 1 rings (SSSR count). The number of hydrogen-bond donors (Lipinski definition) is 1. The van der Waals surface area contributed by atoms with Crippen molar-refractivity contribution in [2.24, 2.45) is 0 Å². The molecule has 1 heterocycles. The third-order valence-electron chi connectivity index (χ3n) is 2.43. The molecule has 1 aromatic heterocycles. The smallest absolute Gasteiger partial charge is 0.305 e. The van der Waals surface area contributed by atoms with Gasteiger partial charge in [0.15, 0.2) is 0 Å². The lowest BCUT2D eigenvalue weighted by atomic mass is 10.2. The van der Waals surface area contributed by atoms with Crippen molar-refractivity contribution in [2.75, 3.05) is 11.4 Å². The summed E-state index contributed by atoms with van der Waals surface area (Å²) < 4.78 is 0. The lowest BCUT2D eigenvalue weighted by molar-refractivity contribution is -0.137. The van der Waals surface area contributed by atoms with Crippen LogP contribution < -0.4 is 4.90 Å². The van der Waals surface area contributed by atoms with Gasteiger partial charge in [-0.3, -0.25) is 4.79 Å². The summed E-state index contributed by atoms with van der Waals surface area (Å²) in [6, 6.07) is 1.79. The van der Waals surface area contributed by atoms with E-state index >= 15 is 0 Å². The molecular formula is C11H17N3O2. The molecule has 0 aliphatic rings. The second-order valence-corrected chi connectivity index (χ2v) is 3.75. The van der Waals surface area contributed by atoms with E-state index in [4.69, 9.17) is 5.11 Å². The van der Waals surface area contributed by atoms with Gasteiger partial charge in [-0.05, 0) is 20.8 Å². The zero-order valence-electron chi connectivity index (χ0n) is 9.84. The number of carboxylic acids is 1. The van der Waals surface area contributed by atoms with Gasteiger partial charge in [0, 0.05) is 24.3 Å². The molecule has 0 spiro atoms. The molecule has 88 valence electrons. The highest BCUT2D eigenvalue weighted by atomic mass is 16.4. The molecule has 1 aromatic rings. The molecule has 1 unspecified atom stereocenters. The van der Waals surface area contributed by atoms with Gasteiger partial charge in [0.2, 0.25) is 0 Å². The maximum atomic E-state index is 10.7. The second-order valence-electron chi connectivity index (χ2n) is 3.75. The van der Waals surface area contributed by atoms with Gasteiger partial charge < -0.3 is 10.0 Å². The van der Waals surface area contributed by atoms with Gasteiger partial charge in [0.1, 0.15) is 12.1 Å². The van der Waals surface area contributed by atoms with Crippen LogP contribution >= 0.6 is 0 Å². The molecule has 0 radical (unpaired) electrons. The first-order valence-electron chi connectivity index (χ1n) is 5.31. The number of aryl methyl sites for hydroxylation is 1. The summed E-state index contributed by atoms with van der Waals surface area (Å²) in [5.74, 6) is -0.0134. The number of carbonyl (C=O) groups is 1. The van der Waals surface area contributed by atoms with Gasteiger partial charge >= 0.3 is 5.97 Å². The van der Waals surface area contributed by atoms with Crippen LogP contribution in [0.25, 0.3) is 0 Å². The summed E-state index contributed by atoms with van der Waals surface area (Å²) in [5, 5.41) is 8.77. The first-order chi connectivity index (χ1) is 7.54. The van der Waals surface area contributed by atoms with Crippen LogP contribution in [0.5, 0.6) is 0 Å². The van der Waals surface area contributed by atoms with Crippen LogP contribution in [0.4, 0.5) is 5.82 Å². The largest absolute Gasteiger partial charge is 0.481 e. The van der Waals surface area contributed by atoms with Crippen molar-refractivity contribution in [2.45, 2.75) is 33.2 Å². The number of aromatic nitrogens is 2. The monoisotopic (exact) mass is 223 g/mol. The number of aliphatic carboxylic acids is 1. The fourth-order valence-electron chi connectivity index (χ4n) is 1.66. The molecule has 1 atom stereocenters. The number of carboxylic acid groups (broad SMARTS) is 1. The molecule has 0 saturated carbocycles. The predicted octanol–water partition coefficient (Wildman–Crippen LogP) is 1.47. The Labute approximate surface area is 95.1 Å². The summed E-state index contributed by atoms with van der Waals surface area (Å²) >= 11 is 0. The second kappa shape index (κ2) is 5.44. The summed E-state index contributed by atoms with van der Waals surface area (Å²) in [7, 11) is 0. The SMILES string of the molecule is CCN(c1cc(C)ncn1)C(C)CC(=O)O. The van der Waals surface area contributed by atoms with E-state index in [0.29, 0.717) is 0 Å². The Balaban J connectivity index is 2.85. The van der Waals surface area contributed by atoms with Crippen molar-refractivity contribution >= 4 is 11.8 Å². The molecule has 5 nitrogen and oxygen atoms in total. The molecule has 0 aliphatic heterocycles. The van der Waals surface area contributed by atoms with Crippen molar-refractivity contribution in [3.8, 4) is 0 Å². The maximum absolute atomic E-state index is 10.7. The summed E-state index contributed by atoms with van der Waals surface area (Å²) in [5.41, 5.74) is 0.881. The Bertz CT molecular complexity index is 368. The fraction of sp³-hybridized carbons (Fsp3) is 0.545. The summed E-state index contributed by atoms with van der Waals surface area (Å²) in [6.45, 7) is 6.48. The van der Waals surface area contributed by atoms with Crippen molar-refractivity contribution in [1.82, 2.24) is 9.97 Å². The number of hydrogen-bond acceptors (Lipinski definition) is 4. The molecule has 16 heavy (non-hydrogen) atoms. The van der Waals surface area contributed by atoms with Crippen LogP contribution in [0.3, 0.4) is 0 Å². The maximum Gasteiger partial charge on any atom is 0.305 e. The van der Waals surface area contributed by atoms with Crippen molar-refractivity contribution in [3.05, 3.63) is 18.1 Å². The Morgan fingerprint density at radius 1 is 1.56 bits per heavy atom. The average Bonchev–Trinajstić information content (AvgIpc) is 2.17. The van der Waals surface area contributed by atoms with E-state index in [0.717, 1.165) is 18.1 Å². The van der Waals surface area contributed by atoms with Gasteiger partial charge in [0.25, 0.3) is 0 Å². The highest BCUT2D eigenvalue weighted by Gasteiger charge is 2.16. The predicted molar refractivity (Wildman–Crippen MR) is 61.5 cm³/mol. The van der Waals surface area contributed by atoms with Gasteiger partial charge in [0.05, 0.1) is 6.42 Å². The fourth-order valence-corrected chi connectivity index (χ4v) is 1.66. The standard InChI is InChI=1S/C11H17N3O2/c1-4-14(9(3)6-11(15)16)10-5-8(2)12-7-13-10/h5,7,9H,4,6H2,1-3H3,(H,15,16). The average molecular weight is 223 g/mol. The first-order valence-corrected chi connectivity index (χ1v) is 5.31. The molecule has 0 aromatic carbocycles. The van der Waals surface area contributed by atoms with E-state index in [1.807, 2.05) is 31.7 Å². The number of nitrogens with zero attached hydrogens (tertiary/aromatic N) is 3. The van der Waals surface area contributed by atoms with Crippen molar-refractivity contribution < 1.29 is 9.90 Å². The highest BCUT2D eigenvalue weighted by molar-refractivity contribution is 5.68. The van der Waals surface area contributed by atoms with Crippen molar-refractivity contribution in [3.63, 3.8) is 0 Å². The van der Waals surface area contributed by atoms with E-state index < -0.39 is 5.97 Å². The van der Waals surface area contributed by atoms with E-state index in [-0.39, 0.29) is 12.5 Å². The topological polar surface area (TPSA) is 66.3 Å².